The number of amides is 2. The molecule has 1 aromatic heterocycles. The molecule has 2 N–H and O–H groups in total. The fourth-order valence-corrected chi connectivity index (χ4v) is 3.79. The van der Waals surface area contributed by atoms with E-state index in [0.29, 0.717) is 17.5 Å². The molecule has 150 valence electrons. The lowest BCUT2D eigenvalue weighted by Crippen LogP contribution is -2.18. The summed E-state index contributed by atoms with van der Waals surface area (Å²) in [6, 6.07) is 16.9. The highest BCUT2D eigenvalue weighted by Crippen LogP contribution is 2.19. The maximum atomic E-state index is 12.3. The van der Waals surface area contributed by atoms with Gasteiger partial charge in [0.15, 0.2) is 5.16 Å². The minimum Gasteiger partial charge on any atom is -0.326 e. The van der Waals surface area contributed by atoms with E-state index in [0.717, 1.165) is 14.9 Å². The first-order chi connectivity index (χ1) is 14.0. The Bertz CT molecular complexity index is 976. The molecule has 0 radical (unpaired) electrons. The summed E-state index contributed by atoms with van der Waals surface area (Å²) in [6.07, 6.45) is 0.116. The average molecular weight is 521 g/mol. The van der Waals surface area contributed by atoms with Gasteiger partial charge in [-0.15, -0.1) is 10.2 Å². The fraction of sp³-hybridized carbons (Fsp3) is 0.200. The molecule has 0 atom stereocenters. The number of aromatic nitrogens is 3. The van der Waals surface area contributed by atoms with E-state index in [-0.39, 0.29) is 24.0 Å². The summed E-state index contributed by atoms with van der Waals surface area (Å²) < 4.78 is 2.96. The van der Waals surface area contributed by atoms with Crippen molar-refractivity contribution in [1.29, 1.82) is 0 Å². The Hall–Kier alpha value is -2.40. The van der Waals surface area contributed by atoms with Crippen LogP contribution in [0.4, 0.5) is 11.4 Å². The van der Waals surface area contributed by atoms with Crippen molar-refractivity contribution in [2.75, 3.05) is 16.4 Å². The van der Waals surface area contributed by atoms with E-state index < -0.39 is 0 Å². The Kier molecular flexibility index (Phi) is 7.64. The summed E-state index contributed by atoms with van der Waals surface area (Å²) in [7, 11) is 0. The van der Waals surface area contributed by atoms with Gasteiger partial charge in [0.05, 0.1) is 12.2 Å². The number of hydrogen-bond acceptors (Lipinski definition) is 5. The largest absolute Gasteiger partial charge is 0.326 e. The van der Waals surface area contributed by atoms with Crippen molar-refractivity contribution in [3.63, 3.8) is 0 Å². The summed E-state index contributed by atoms with van der Waals surface area (Å²) in [4.78, 5) is 24.5. The molecule has 0 spiro atoms. The average Bonchev–Trinajstić information content (AvgIpc) is 3.10. The van der Waals surface area contributed by atoms with Crippen molar-refractivity contribution < 1.29 is 9.59 Å². The van der Waals surface area contributed by atoms with Crippen LogP contribution in [0.5, 0.6) is 0 Å². The lowest BCUT2D eigenvalue weighted by Gasteiger charge is -2.08. The molecule has 0 aliphatic carbocycles. The molecule has 3 rings (SSSR count). The van der Waals surface area contributed by atoms with E-state index in [2.05, 4.69) is 43.4 Å². The molecule has 1 heterocycles. The first-order valence-electron chi connectivity index (χ1n) is 9.00. The van der Waals surface area contributed by atoms with Crippen LogP contribution in [0.3, 0.4) is 0 Å². The molecule has 7 nitrogen and oxygen atoms in total. The van der Waals surface area contributed by atoms with Gasteiger partial charge in [0.1, 0.15) is 5.82 Å². The second kappa shape index (κ2) is 10.4. The van der Waals surface area contributed by atoms with Gasteiger partial charge in [0, 0.05) is 21.5 Å². The normalized spacial score (nSPS) is 10.6. The summed E-state index contributed by atoms with van der Waals surface area (Å²) in [5.74, 6) is 0.498. The Morgan fingerprint density at radius 1 is 0.966 bits per heavy atom. The van der Waals surface area contributed by atoms with Gasteiger partial charge in [0.2, 0.25) is 11.8 Å². The Balaban J connectivity index is 1.56. The third kappa shape index (κ3) is 6.29. The minimum absolute atomic E-state index is 0.116. The number of hydrogen-bond donors (Lipinski definition) is 2. The molecule has 29 heavy (non-hydrogen) atoms. The molecule has 2 amide bonds. The van der Waals surface area contributed by atoms with Crippen molar-refractivity contribution in [2.24, 2.45) is 0 Å². The second-order valence-electron chi connectivity index (χ2n) is 6.08. The van der Waals surface area contributed by atoms with Crippen LogP contribution < -0.4 is 10.6 Å². The smallest absolute Gasteiger partial charge is 0.234 e. The summed E-state index contributed by atoms with van der Waals surface area (Å²) in [5.41, 5.74) is 1.49. The van der Waals surface area contributed by atoms with Crippen LogP contribution in [0.25, 0.3) is 0 Å². The molecule has 0 aliphatic rings. The zero-order chi connectivity index (χ0) is 20.6. The number of nitrogens with one attached hydrogen (secondary N) is 2. The molecular weight excluding hydrogens is 501 g/mol. The maximum Gasteiger partial charge on any atom is 0.234 e. The molecule has 0 aliphatic heterocycles. The Morgan fingerprint density at radius 2 is 1.62 bits per heavy atom. The molecule has 9 heteroatoms. The van der Waals surface area contributed by atoms with Crippen molar-refractivity contribution >= 4 is 57.5 Å². The van der Waals surface area contributed by atoms with E-state index in [1.165, 1.54) is 11.8 Å². The lowest BCUT2D eigenvalue weighted by molar-refractivity contribution is -0.116. The van der Waals surface area contributed by atoms with Crippen molar-refractivity contribution in [3.8, 4) is 0 Å². The van der Waals surface area contributed by atoms with E-state index >= 15 is 0 Å². The summed E-state index contributed by atoms with van der Waals surface area (Å²) in [5, 5.41) is 14.6. The number of benzene rings is 2. The van der Waals surface area contributed by atoms with E-state index in [9.17, 15) is 9.59 Å². The first-order valence-corrected chi connectivity index (χ1v) is 11.1. The number of nitrogens with zero attached hydrogens (tertiary/aromatic N) is 3. The third-order valence-corrected chi connectivity index (χ3v) is 5.63. The van der Waals surface area contributed by atoms with Gasteiger partial charge < -0.3 is 15.2 Å². The van der Waals surface area contributed by atoms with Crippen LogP contribution in [-0.2, 0) is 22.6 Å². The zero-order valence-corrected chi connectivity index (χ0v) is 18.7. The highest BCUT2D eigenvalue weighted by molar-refractivity contribution is 14.1. The predicted octanol–water partition coefficient (Wildman–Crippen LogP) is 3.81. The number of rotatable bonds is 8. The van der Waals surface area contributed by atoms with Gasteiger partial charge in [0.25, 0.3) is 0 Å². The SMILES string of the molecule is CCn1c(CC(=O)Nc2ccccc2)nnc1SCC(=O)Nc1ccc(I)cc1. The Labute approximate surface area is 186 Å². The van der Waals surface area contributed by atoms with Crippen LogP contribution >= 0.6 is 34.4 Å². The van der Waals surface area contributed by atoms with Crippen molar-refractivity contribution in [2.45, 2.75) is 25.0 Å². The number of carbonyl (C=O) groups is 2. The fourth-order valence-electron chi connectivity index (χ4n) is 2.60. The summed E-state index contributed by atoms with van der Waals surface area (Å²) >= 11 is 3.51. The van der Waals surface area contributed by atoms with Gasteiger partial charge in [-0.3, -0.25) is 9.59 Å². The van der Waals surface area contributed by atoms with Gasteiger partial charge in [-0.25, -0.2) is 0 Å². The number of halogens is 1. The van der Waals surface area contributed by atoms with Gasteiger partial charge in [-0.1, -0.05) is 30.0 Å². The Morgan fingerprint density at radius 3 is 2.31 bits per heavy atom. The van der Waals surface area contributed by atoms with E-state index in [1.807, 2.05) is 66.1 Å². The molecule has 0 bridgehead atoms. The van der Waals surface area contributed by atoms with Crippen molar-refractivity contribution in [1.82, 2.24) is 14.8 Å². The van der Waals surface area contributed by atoms with Crippen LogP contribution in [0.15, 0.2) is 59.8 Å². The van der Waals surface area contributed by atoms with Crippen LogP contribution in [0.2, 0.25) is 0 Å². The van der Waals surface area contributed by atoms with Gasteiger partial charge in [-0.2, -0.15) is 0 Å². The standard InChI is InChI=1S/C20H20IN5O2S/c1-2-26-17(12-18(27)22-15-6-4-3-5-7-15)24-25-20(26)29-13-19(28)23-16-10-8-14(21)9-11-16/h3-11H,2,12-13H2,1H3,(H,22,27)(H,23,28). The molecule has 3 aromatic rings. The molecular formula is C20H20IN5O2S. The molecule has 0 fully saturated rings. The number of thioether (sulfide) groups is 1. The van der Waals surface area contributed by atoms with Crippen LogP contribution in [0, 0.1) is 3.57 Å². The molecule has 0 unspecified atom stereocenters. The monoisotopic (exact) mass is 521 g/mol. The number of carbonyl (C=O) groups excluding carboxylic acids is 2. The highest BCUT2D eigenvalue weighted by atomic mass is 127. The van der Waals surface area contributed by atoms with Crippen LogP contribution in [0.1, 0.15) is 12.7 Å². The molecule has 0 saturated carbocycles. The predicted molar refractivity (Wildman–Crippen MR) is 123 cm³/mol. The van der Waals surface area contributed by atoms with Crippen LogP contribution in [-0.4, -0.2) is 32.3 Å². The molecule has 2 aromatic carbocycles. The topological polar surface area (TPSA) is 88.9 Å². The number of anilines is 2. The lowest BCUT2D eigenvalue weighted by atomic mass is 10.3. The maximum absolute atomic E-state index is 12.3. The number of para-hydroxylation sites is 1. The minimum atomic E-state index is -0.161. The highest BCUT2D eigenvalue weighted by Gasteiger charge is 2.16. The van der Waals surface area contributed by atoms with Crippen molar-refractivity contribution in [3.05, 3.63) is 64.0 Å². The first kappa shape index (κ1) is 21.3. The van der Waals surface area contributed by atoms with Gasteiger partial charge >= 0.3 is 0 Å². The van der Waals surface area contributed by atoms with E-state index in [1.54, 1.807) is 0 Å². The quantitative estimate of drug-likeness (QED) is 0.348. The van der Waals surface area contributed by atoms with E-state index in [4.69, 9.17) is 0 Å². The van der Waals surface area contributed by atoms with Gasteiger partial charge in [-0.05, 0) is 65.9 Å². The zero-order valence-electron chi connectivity index (χ0n) is 15.8. The third-order valence-electron chi connectivity index (χ3n) is 3.95. The summed E-state index contributed by atoms with van der Waals surface area (Å²) in [6.45, 7) is 2.57. The second-order valence-corrected chi connectivity index (χ2v) is 8.27. The molecule has 0 saturated heterocycles.